The number of halogens is 1. The molecule has 0 radical (unpaired) electrons. The maximum absolute atomic E-state index is 12.8. The van der Waals surface area contributed by atoms with Crippen LogP contribution in [-0.2, 0) is 10.0 Å². The van der Waals surface area contributed by atoms with Crippen LogP contribution in [0.15, 0.2) is 57.9 Å². The first-order valence-electron chi connectivity index (χ1n) is 7.30. The van der Waals surface area contributed by atoms with Crippen LogP contribution in [0.25, 0.3) is 11.3 Å². The van der Waals surface area contributed by atoms with Gasteiger partial charge in [-0.1, -0.05) is 28.9 Å². The molecule has 0 bridgehead atoms. The van der Waals surface area contributed by atoms with Crippen LogP contribution >= 0.6 is 11.6 Å². The van der Waals surface area contributed by atoms with Crippen LogP contribution in [0.1, 0.15) is 5.69 Å². The summed E-state index contributed by atoms with van der Waals surface area (Å²) >= 11 is 6.04. The molecule has 0 aliphatic heterocycles. The maximum atomic E-state index is 12.8. The van der Waals surface area contributed by atoms with E-state index >= 15 is 0 Å². The number of nitrogens with zero attached hydrogens (tertiary/aromatic N) is 1. The Bertz CT molecular complexity index is 1010. The number of sulfonamides is 1. The van der Waals surface area contributed by atoms with Gasteiger partial charge in [0.1, 0.15) is 10.6 Å². The van der Waals surface area contributed by atoms with Crippen molar-refractivity contribution in [3.8, 4) is 17.1 Å². The molecule has 1 aromatic heterocycles. The number of benzene rings is 2. The first kappa shape index (κ1) is 17.3. The molecular formula is C17H15ClN2O4S. The summed E-state index contributed by atoms with van der Waals surface area (Å²) in [6.45, 7) is 1.78. The van der Waals surface area contributed by atoms with Crippen molar-refractivity contribution in [2.75, 3.05) is 11.8 Å². The number of aromatic nitrogens is 1. The monoisotopic (exact) mass is 378 g/mol. The van der Waals surface area contributed by atoms with E-state index in [-0.39, 0.29) is 16.3 Å². The second kappa shape index (κ2) is 6.78. The molecule has 0 aliphatic rings. The molecule has 130 valence electrons. The van der Waals surface area contributed by atoms with Crippen LogP contribution in [0.2, 0.25) is 5.02 Å². The minimum atomic E-state index is -3.92. The van der Waals surface area contributed by atoms with Gasteiger partial charge in [0.05, 0.1) is 23.5 Å². The van der Waals surface area contributed by atoms with Gasteiger partial charge < -0.3 is 9.26 Å². The molecule has 2 aromatic carbocycles. The lowest BCUT2D eigenvalue weighted by Crippen LogP contribution is -2.14. The van der Waals surface area contributed by atoms with E-state index in [2.05, 4.69) is 9.88 Å². The lowest BCUT2D eigenvalue weighted by molar-refractivity contribution is 0.402. The first-order chi connectivity index (χ1) is 11.9. The molecule has 8 heteroatoms. The predicted molar refractivity (Wildman–Crippen MR) is 95.5 cm³/mol. The second-order valence-corrected chi connectivity index (χ2v) is 7.34. The number of methoxy groups -OCH3 is 1. The van der Waals surface area contributed by atoms with Crippen LogP contribution in [0.4, 0.5) is 5.69 Å². The number of aryl methyl sites for hydroxylation is 1. The smallest absolute Gasteiger partial charge is 0.265 e. The zero-order valence-corrected chi connectivity index (χ0v) is 15.1. The van der Waals surface area contributed by atoms with Crippen LogP contribution in [-0.4, -0.2) is 20.7 Å². The van der Waals surface area contributed by atoms with Crippen molar-refractivity contribution in [3.63, 3.8) is 0 Å². The summed E-state index contributed by atoms with van der Waals surface area (Å²) < 4.78 is 38.5. The molecule has 3 rings (SSSR count). The standard InChI is InChI=1S/C17H15ClN2O4S/c1-11-9-16(24-19-11)12-7-8-15(23-2)17(10-12)25(21,22)20-14-6-4-3-5-13(14)18/h3-10,20H,1-2H3. The van der Waals surface area contributed by atoms with Crippen molar-refractivity contribution >= 4 is 27.3 Å². The van der Waals surface area contributed by atoms with Gasteiger partial charge in [-0.25, -0.2) is 8.42 Å². The van der Waals surface area contributed by atoms with Crippen molar-refractivity contribution in [1.29, 1.82) is 0 Å². The molecule has 1 N–H and O–H groups in total. The Morgan fingerprint density at radius 3 is 2.56 bits per heavy atom. The van der Waals surface area contributed by atoms with Crippen LogP contribution in [0.3, 0.4) is 0 Å². The van der Waals surface area contributed by atoms with Gasteiger partial charge in [-0.15, -0.1) is 0 Å². The lowest BCUT2D eigenvalue weighted by Gasteiger charge is -2.13. The summed E-state index contributed by atoms with van der Waals surface area (Å²) in [6, 6.07) is 13.0. The number of para-hydroxylation sites is 1. The number of hydrogen-bond donors (Lipinski definition) is 1. The number of nitrogens with one attached hydrogen (secondary N) is 1. The molecule has 25 heavy (non-hydrogen) atoms. The van der Waals surface area contributed by atoms with Crippen LogP contribution in [0.5, 0.6) is 5.75 Å². The molecule has 3 aromatic rings. The number of ether oxygens (including phenoxy) is 1. The van der Waals surface area contributed by atoms with Crippen LogP contribution < -0.4 is 9.46 Å². The average molecular weight is 379 g/mol. The van der Waals surface area contributed by atoms with Gasteiger partial charge >= 0.3 is 0 Å². The van der Waals surface area contributed by atoms with Crippen LogP contribution in [0, 0.1) is 6.92 Å². The van der Waals surface area contributed by atoms with Gasteiger partial charge in [-0.2, -0.15) is 0 Å². The van der Waals surface area contributed by atoms with E-state index in [1.807, 2.05) is 0 Å². The molecule has 0 amide bonds. The maximum Gasteiger partial charge on any atom is 0.265 e. The summed E-state index contributed by atoms with van der Waals surface area (Å²) in [5.74, 6) is 0.675. The zero-order chi connectivity index (χ0) is 18.0. The van der Waals surface area contributed by atoms with Gasteiger partial charge in [0.2, 0.25) is 0 Å². The molecule has 0 spiro atoms. The Kier molecular flexibility index (Phi) is 4.69. The fourth-order valence-corrected chi connectivity index (χ4v) is 3.80. The van der Waals surface area contributed by atoms with Crippen molar-refractivity contribution in [2.45, 2.75) is 11.8 Å². The highest BCUT2D eigenvalue weighted by atomic mass is 35.5. The summed E-state index contributed by atoms with van der Waals surface area (Å²) in [4.78, 5) is -0.0264. The highest BCUT2D eigenvalue weighted by Crippen LogP contribution is 2.32. The van der Waals surface area contributed by atoms with Crippen molar-refractivity contribution < 1.29 is 17.7 Å². The SMILES string of the molecule is COc1ccc(-c2cc(C)no2)cc1S(=O)(=O)Nc1ccccc1Cl. The summed E-state index contributed by atoms with van der Waals surface area (Å²) in [5.41, 5.74) is 1.55. The molecular weight excluding hydrogens is 364 g/mol. The number of hydrogen-bond acceptors (Lipinski definition) is 5. The molecule has 0 fully saturated rings. The third-order valence-electron chi connectivity index (χ3n) is 3.48. The van der Waals surface area contributed by atoms with E-state index in [1.165, 1.54) is 13.2 Å². The van der Waals surface area contributed by atoms with Crippen molar-refractivity contribution in [2.24, 2.45) is 0 Å². The summed E-state index contributed by atoms with van der Waals surface area (Å²) in [5, 5.41) is 4.12. The van der Waals surface area contributed by atoms with E-state index in [0.29, 0.717) is 22.0 Å². The van der Waals surface area contributed by atoms with Gasteiger partial charge in [0.15, 0.2) is 5.76 Å². The minimum Gasteiger partial charge on any atom is -0.495 e. The Labute approximate surface area is 150 Å². The fourth-order valence-electron chi connectivity index (χ4n) is 2.28. The Morgan fingerprint density at radius 2 is 1.92 bits per heavy atom. The number of anilines is 1. The molecule has 0 saturated heterocycles. The molecule has 0 saturated carbocycles. The Hall–Kier alpha value is -2.51. The van der Waals surface area contributed by atoms with E-state index in [1.54, 1.807) is 49.4 Å². The molecule has 1 heterocycles. The molecule has 0 aliphatic carbocycles. The van der Waals surface area contributed by atoms with E-state index in [0.717, 1.165) is 0 Å². The summed E-state index contributed by atoms with van der Waals surface area (Å²) in [7, 11) is -2.52. The molecule has 0 atom stereocenters. The zero-order valence-electron chi connectivity index (χ0n) is 13.5. The third-order valence-corrected chi connectivity index (χ3v) is 5.20. The Balaban J connectivity index is 2.06. The van der Waals surface area contributed by atoms with Gasteiger partial charge in [-0.05, 0) is 37.3 Å². The fraction of sp³-hybridized carbons (Fsp3) is 0.118. The largest absolute Gasteiger partial charge is 0.495 e. The number of rotatable bonds is 5. The quantitative estimate of drug-likeness (QED) is 0.722. The van der Waals surface area contributed by atoms with E-state index < -0.39 is 10.0 Å². The van der Waals surface area contributed by atoms with Crippen molar-refractivity contribution in [3.05, 3.63) is 59.2 Å². The van der Waals surface area contributed by atoms with E-state index in [4.69, 9.17) is 20.9 Å². The van der Waals surface area contributed by atoms with Gasteiger partial charge in [0, 0.05) is 11.6 Å². The first-order valence-corrected chi connectivity index (χ1v) is 9.16. The van der Waals surface area contributed by atoms with Gasteiger partial charge in [0.25, 0.3) is 10.0 Å². The Morgan fingerprint density at radius 1 is 1.16 bits per heavy atom. The minimum absolute atomic E-state index is 0.0264. The predicted octanol–water partition coefficient (Wildman–Crippen LogP) is 4.11. The normalized spacial score (nSPS) is 11.3. The topological polar surface area (TPSA) is 81.4 Å². The average Bonchev–Trinajstić information content (AvgIpc) is 3.02. The van der Waals surface area contributed by atoms with Gasteiger partial charge in [-0.3, -0.25) is 4.72 Å². The third kappa shape index (κ3) is 3.62. The lowest BCUT2D eigenvalue weighted by atomic mass is 10.1. The highest BCUT2D eigenvalue weighted by molar-refractivity contribution is 7.92. The van der Waals surface area contributed by atoms with Crippen molar-refractivity contribution in [1.82, 2.24) is 5.16 Å². The highest BCUT2D eigenvalue weighted by Gasteiger charge is 2.22. The summed E-state index contributed by atoms with van der Waals surface area (Å²) in [6.07, 6.45) is 0. The van der Waals surface area contributed by atoms with E-state index in [9.17, 15) is 8.42 Å². The second-order valence-electron chi connectivity index (χ2n) is 5.28. The molecule has 0 unspecified atom stereocenters. The molecule has 6 nitrogen and oxygen atoms in total.